The molecule has 0 bridgehead atoms. The van der Waals surface area contributed by atoms with Gasteiger partial charge in [0.25, 0.3) is 0 Å². The van der Waals surface area contributed by atoms with Crippen LogP contribution in [0.2, 0.25) is 0 Å². The maximum Gasteiger partial charge on any atom is 0.161 e. The molecule has 0 radical (unpaired) electrons. The van der Waals surface area contributed by atoms with E-state index in [1.807, 2.05) is 19.9 Å². The molecule has 0 aromatic carbocycles. The molecule has 72 valence electrons. The summed E-state index contributed by atoms with van der Waals surface area (Å²) in [6, 6.07) is 0. The van der Waals surface area contributed by atoms with Crippen molar-refractivity contribution in [2.45, 2.75) is 33.6 Å². The molecule has 1 heteroatoms. The summed E-state index contributed by atoms with van der Waals surface area (Å²) in [4.78, 5) is 11.8. The second-order valence-corrected chi connectivity index (χ2v) is 3.81. The van der Waals surface area contributed by atoms with Crippen molar-refractivity contribution < 1.29 is 4.79 Å². The van der Waals surface area contributed by atoms with Crippen molar-refractivity contribution in [3.63, 3.8) is 0 Å². The van der Waals surface area contributed by atoms with Crippen LogP contribution in [0.25, 0.3) is 0 Å². The lowest BCUT2D eigenvalue weighted by molar-refractivity contribution is -0.120. The molecule has 13 heavy (non-hydrogen) atoms. The van der Waals surface area contributed by atoms with Gasteiger partial charge in [-0.2, -0.15) is 0 Å². The van der Waals surface area contributed by atoms with Crippen LogP contribution in [0.5, 0.6) is 0 Å². The second kappa shape index (κ2) is 4.40. The molecule has 1 aliphatic rings. The summed E-state index contributed by atoms with van der Waals surface area (Å²) in [6.45, 7) is 5.96. The van der Waals surface area contributed by atoms with E-state index >= 15 is 0 Å². The number of ketones is 1. The molecular formula is C12H18O. The summed E-state index contributed by atoms with van der Waals surface area (Å²) in [6.07, 6.45) is 8.32. The highest BCUT2D eigenvalue weighted by atomic mass is 16.1. The Hall–Kier alpha value is -0.850. The van der Waals surface area contributed by atoms with Gasteiger partial charge in [-0.1, -0.05) is 25.2 Å². The van der Waals surface area contributed by atoms with E-state index in [1.54, 1.807) is 0 Å². The van der Waals surface area contributed by atoms with Gasteiger partial charge >= 0.3 is 0 Å². The number of carbonyl (C=O) groups excluding carboxylic acids is 1. The maximum atomic E-state index is 11.8. The number of hydrogen-bond acceptors (Lipinski definition) is 1. The molecule has 1 nitrogen and oxygen atoms in total. The van der Waals surface area contributed by atoms with E-state index in [9.17, 15) is 4.79 Å². The standard InChI is InChI=1S/C12H18O/c1-4-9(2)12(13)11-8-6-5-7-10(11)3/h4-5,7,10-11H,6,8H2,1-3H3/b9-4+. The molecule has 0 spiro atoms. The predicted molar refractivity (Wildman–Crippen MR) is 55.5 cm³/mol. The highest BCUT2D eigenvalue weighted by Gasteiger charge is 2.25. The van der Waals surface area contributed by atoms with E-state index in [4.69, 9.17) is 0 Å². The zero-order valence-corrected chi connectivity index (χ0v) is 8.71. The van der Waals surface area contributed by atoms with Crippen molar-refractivity contribution in [2.75, 3.05) is 0 Å². The van der Waals surface area contributed by atoms with Crippen LogP contribution in [0.1, 0.15) is 33.6 Å². The minimum atomic E-state index is 0.223. The number of carbonyl (C=O) groups is 1. The summed E-state index contributed by atoms with van der Waals surface area (Å²) in [5, 5.41) is 0. The Balaban J connectivity index is 2.72. The van der Waals surface area contributed by atoms with Gasteiger partial charge in [0.15, 0.2) is 5.78 Å². The van der Waals surface area contributed by atoms with Crippen molar-refractivity contribution in [2.24, 2.45) is 11.8 Å². The number of rotatable bonds is 2. The van der Waals surface area contributed by atoms with Crippen molar-refractivity contribution >= 4 is 5.78 Å². The Labute approximate surface area is 80.5 Å². The molecule has 0 fully saturated rings. The molecule has 1 rings (SSSR count). The van der Waals surface area contributed by atoms with Gasteiger partial charge in [0.2, 0.25) is 0 Å². The summed E-state index contributed by atoms with van der Waals surface area (Å²) in [5.74, 6) is 0.969. The molecular weight excluding hydrogens is 160 g/mol. The van der Waals surface area contributed by atoms with Gasteiger partial charge in [-0.3, -0.25) is 4.79 Å². The summed E-state index contributed by atoms with van der Waals surface area (Å²) in [7, 11) is 0. The van der Waals surface area contributed by atoms with Crippen molar-refractivity contribution in [1.82, 2.24) is 0 Å². The fraction of sp³-hybridized carbons (Fsp3) is 0.583. The quantitative estimate of drug-likeness (QED) is 0.469. The van der Waals surface area contributed by atoms with Crippen molar-refractivity contribution in [3.05, 3.63) is 23.8 Å². The highest BCUT2D eigenvalue weighted by Crippen LogP contribution is 2.27. The van der Waals surface area contributed by atoms with Crippen LogP contribution in [-0.2, 0) is 4.79 Å². The lowest BCUT2D eigenvalue weighted by atomic mass is 9.80. The first-order chi connectivity index (χ1) is 6.16. The molecule has 2 atom stereocenters. The Morgan fingerprint density at radius 3 is 2.77 bits per heavy atom. The first kappa shape index (κ1) is 10.2. The minimum Gasteiger partial charge on any atom is -0.294 e. The Kier molecular flexibility index (Phi) is 3.47. The zero-order chi connectivity index (χ0) is 9.84. The minimum absolute atomic E-state index is 0.223. The van der Waals surface area contributed by atoms with Gasteiger partial charge in [-0.15, -0.1) is 0 Å². The molecule has 0 aliphatic heterocycles. The fourth-order valence-electron chi connectivity index (χ4n) is 1.79. The predicted octanol–water partition coefficient (Wildman–Crippen LogP) is 3.12. The van der Waals surface area contributed by atoms with E-state index in [2.05, 4.69) is 19.1 Å². The highest BCUT2D eigenvalue weighted by molar-refractivity contribution is 5.96. The van der Waals surface area contributed by atoms with Crippen LogP contribution in [-0.4, -0.2) is 5.78 Å². The average Bonchev–Trinajstić information content (AvgIpc) is 2.16. The maximum absolute atomic E-state index is 11.8. The smallest absolute Gasteiger partial charge is 0.161 e. The van der Waals surface area contributed by atoms with Crippen LogP contribution >= 0.6 is 0 Å². The van der Waals surface area contributed by atoms with Crippen LogP contribution in [0.15, 0.2) is 23.8 Å². The molecule has 0 aromatic rings. The van der Waals surface area contributed by atoms with Crippen molar-refractivity contribution in [3.8, 4) is 0 Å². The Morgan fingerprint density at radius 2 is 2.23 bits per heavy atom. The molecule has 2 unspecified atom stereocenters. The average molecular weight is 178 g/mol. The number of Topliss-reactive ketones (excluding diaryl/α,β-unsaturated/α-hetero) is 1. The van der Waals surface area contributed by atoms with E-state index in [-0.39, 0.29) is 5.92 Å². The molecule has 0 heterocycles. The fourth-order valence-corrected chi connectivity index (χ4v) is 1.79. The van der Waals surface area contributed by atoms with Crippen LogP contribution in [0.4, 0.5) is 0 Å². The first-order valence-corrected chi connectivity index (χ1v) is 5.00. The second-order valence-electron chi connectivity index (χ2n) is 3.81. The number of hydrogen-bond donors (Lipinski definition) is 0. The van der Waals surface area contributed by atoms with Crippen LogP contribution < -0.4 is 0 Å². The van der Waals surface area contributed by atoms with Gasteiger partial charge < -0.3 is 0 Å². The largest absolute Gasteiger partial charge is 0.294 e. The molecule has 0 saturated heterocycles. The molecule has 0 aromatic heterocycles. The van der Waals surface area contributed by atoms with Gasteiger partial charge in [0.1, 0.15) is 0 Å². The summed E-state index contributed by atoms with van der Waals surface area (Å²) >= 11 is 0. The van der Waals surface area contributed by atoms with Crippen LogP contribution in [0.3, 0.4) is 0 Å². The lowest BCUT2D eigenvalue weighted by Gasteiger charge is -2.23. The van der Waals surface area contributed by atoms with E-state index in [1.165, 1.54) is 0 Å². The Bertz CT molecular complexity index is 248. The van der Waals surface area contributed by atoms with E-state index in [0.29, 0.717) is 11.7 Å². The molecule has 0 N–H and O–H groups in total. The third-order valence-corrected chi connectivity index (χ3v) is 2.88. The normalized spacial score (nSPS) is 29.0. The van der Waals surface area contributed by atoms with Gasteiger partial charge in [0.05, 0.1) is 0 Å². The zero-order valence-electron chi connectivity index (χ0n) is 8.71. The van der Waals surface area contributed by atoms with Crippen molar-refractivity contribution in [1.29, 1.82) is 0 Å². The third kappa shape index (κ3) is 2.30. The Morgan fingerprint density at radius 1 is 1.54 bits per heavy atom. The molecule has 0 saturated carbocycles. The lowest BCUT2D eigenvalue weighted by Crippen LogP contribution is -2.23. The van der Waals surface area contributed by atoms with E-state index in [0.717, 1.165) is 18.4 Å². The van der Waals surface area contributed by atoms with E-state index < -0.39 is 0 Å². The van der Waals surface area contributed by atoms with Gasteiger partial charge in [0, 0.05) is 5.92 Å². The van der Waals surface area contributed by atoms with Gasteiger partial charge in [-0.25, -0.2) is 0 Å². The monoisotopic (exact) mass is 178 g/mol. The molecule has 0 amide bonds. The van der Waals surface area contributed by atoms with Crippen LogP contribution in [0, 0.1) is 11.8 Å². The topological polar surface area (TPSA) is 17.1 Å². The summed E-state index contributed by atoms with van der Waals surface area (Å²) < 4.78 is 0. The van der Waals surface area contributed by atoms with Gasteiger partial charge in [-0.05, 0) is 38.2 Å². The molecule has 1 aliphatic carbocycles. The summed E-state index contributed by atoms with van der Waals surface area (Å²) in [5.41, 5.74) is 0.909. The number of allylic oxidation sites excluding steroid dienone is 4. The first-order valence-electron chi connectivity index (χ1n) is 5.00. The third-order valence-electron chi connectivity index (χ3n) is 2.88. The SMILES string of the molecule is C/C=C(\C)C(=O)C1CCC=CC1C.